The van der Waals surface area contributed by atoms with E-state index in [9.17, 15) is 31.5 Å². The standard InChI is InChI=1S/C26H21F5N4O2/c1-3-14-10-21-18(11-19(14)28)22(24(32)36)23(35(21)17-7-5-16(27)6-8-17)20-9-4-15(12-33-20)25(37)34-13(2)26(29,30)31/h4-13H,3H2,1-2H3,(H2,32,36)(H,34,37). The number of carbonyl (C=O) groups is 2. The SMILES string of the molecule is CCc1cc2c(cc1F)c(C(N)=O)c(-c1ccc(C(=O)NC(C)C(F)(F)F)cn1)n2-c1ccc(F)cc1. The number of aromatic nitrogens is 2. The lowest BCUT2D eigenvalue weighted by molar-refractivity contribution is -0.149. The maximum Gasteiger partial charge on any atom is 0.408 e. The molecule has 2 amide bonds. The molecule has 0 aliphatic heterocycles. The van der Waals surface area contributed by atoms with Crippen molar-refractivity contribution in [2.24, 2.45) is 5.73 Å². The first-order valence-corrected chi connectivity index (χ1v) is 11.2. The van der Waals surface area contributed by atoms with Crippen molar-refractivity contribution in [1.82, 2.24) is 14.9 Å². The molecule has 0 saturated carbocycles. The number of amides is 2. The highest BCUT2D eigenvalue weighted by molar-refractivity contribution is 6.12. The highest BCUT2D eigenvalue weighted by Crippen LogP contribution is 2.37. The number of pyridine rings is 1. The molecular formula is C26H21F5N4O2. The van der Waals surface area contributed by atoms with Crippen molar-refractivity contribution in [2.75, 3.05) is 0 Å². The Bertz CT molecular complexity index is 1490. The molecule has 0 spiro atoms. The molecule has 11 heteroatoms. The van der Waals surface area contributed by atoms with Crippen molar-refractivity contribution in [2.45, 2.75) is 32.5 Å². The highest BCUT2D eigenvalue weighted by atomic mass is 19.4. The van der Waals surface area contributed by atoms with Crippen molar-refractivity contribution >= 4 is 22.7 Å². The minimum Gasteiger partial charge on any atom is -0.366 e. The third-order valence-electron chi connectivity index (χ3n) is 5.95. The minimum absolute atomic E-state index is 0.0590. The van der Waals surface area contributed by atoms with Gasteiger partial charge in [0.15, 0.2) is 0 Å². The number of aryl methyl sites for hydroxylation is 1. The second kappa shape index (κ2) is 9.64. The molecule has 3 N–H and O–H groups in total. The van der Waals surface area contributed by atoms with Crippen LogP contribution in [0.5, 0.6) is 0 Å². The third-order valence-corrected chi connectivity index (χ3v) is 5.95. The van der Waals surface area contributed by atoms with E-state index < -0.39 is 35.7 Å². The maximum atomic E-state index is 14.7. The summed E-state index contributed by atoms with van der Waals surface area (Å²) < 4.78 is 68.4. The summed E-state index contributed by atoms with van der Waals surface area (Å²) in [5.74, 6) is -2.92. The van der Waals surface area contributed by atoms with Gasteiger partial charge in [-0.15, -0.1) is 0 Å². The first-order valence-electron chi connectivity index (χ1n) is 11.2. The zero-order valence-electron chi connectivity index (χ0n) is 19.7. The van der Waals surface area contributed by atoms with Crippen molar-refractivity contribution in [3.63, 3.8) is 0 Å². The van der Waals surface area contributed by atoms with Gasteiger partial charge in [-0.2, -0.15) is 13.2 Å². The Kier molecular flexibility index (Phi) is 6.72. The summed E-state index contributed by atoms with van der Waals surface area (Å²) in [5, 5.41) is 2.05. The van der Waals surface area contributed by atoms with Crippen molar-refractivity contribution < 1.29 is 31.5 Å². The fraction of sp³-hybridized carbons (Fsp3) is 0.192. The number of primary amides is 1. The van der Waals surface area contributed by atoms with E-state index in [1.807, 2.05) is 5.32 Å². The molecule has 2 aromatic carbocycles. The number of hydrogen-bond donors (Lipinski definition) is 2. The predicted octanol–water partition coefficient (Wildman–Crippen LogP) is 5.31. The van der Waals surface area contributed by atoms with E-state index in [4.69, 9.17) is 5.73 Å². The zero-order chi connectivity index (χ0) is 27.1. The molecule has 37 heavy (non-hydrogen) atoms. The van der Waals surface area contributed by atoms with E-state index >= 15 is 0 Å². The van der Waals surface area contributed by atoms with Gasteiger partial charge in [-0.05, 0) is 67.4 Å². The summed E-state index contributed by atoms with van der Waals surface area (Å²) >= 11 is 0. The first kappa shape index (κ1) is 25.8. The summed E-state index contributed by atoms with van der Waals surface area (Å²) in [4.78, 5) is 29.1. The Labute approximate surface area is 207 Å². The summed E-state index contributed by atoms with van der Waals surface area (Å²) in [6, 6.07) is 8.59. The molecule has 0 radical (unpaired) electrons. The lowest BCUT2D eigenvalue weighted by atomic mass is 10.0. The zero-order valence-corrected chi connectivity index (χ0v) is 19.7. The van der Waals surface area contributed by atoms with Crippen LogP contribution in [-0.4, -0.2) is 33.6 Å². The van der Waals surface area contributed by atoms with Gasteiger partial charge in [0.05, 0.1) is 28.0 Å². The molecule has 4 rings (SSSR count). The van der Waals surface area contributed by atoms with E-state index in [2.05, 4.69) is 4.98 Å². The van der Waals surface area contributed by atoms with Crippen LogP contribution in [0, 0.1) is 11.6 Å². The monoisotopic (exact) mass is 516 g/mol. The molecule has 0 bridgehead atoms. The fourth-order valence-corrected chi connectivity index (χ4v) is 4.00. The van der Waals surface area contributed by atoms with Crippen LogP contribution in [-0.2, 0) is 6.42 Å². The van der Waals surface area contributed by atoms with Gasteiger partial charge in [0.1, 0.15) is 17.7 Å². The van der Waals surface area contributed by atoms with Crippen molar-refractivity contribution in [1.29, 1.82) is 0 Å². The van der Waals surface area contributed by atoms with Gasteiger partial charge in [-0.1, -0.05) is 6.92 Å². The van der Waals surface area contributed by atoms with Crippen molar-refractivity contribution in [3.8, 4) is 17.1 Å². The van der Waals surface area contributed by atoms with Gasteiger partial charge in [0.25, 0.3) is 11.8 Å². The van der Waals surface area contributed by atoms with Crippen LogP contribution in [0.25, 0.3) is 28.0 Å². The van der Waals surface area contributed by atoms with Gasteiger partial charge in [-0.3, -0.25) is 14.6 Å². The average molecular weight is 516 g/mol. The van der Waals surface area contributed by atoms with E-state index in [1.54, 1.807) is 17.6 Å². The summed E-state index contributed by atoms with van der Waals surface area (Å²) in [6.45, 7) is 2.57. The number of halogens is 5. The van der Waals surface area contributed by atoms with Crippen LogP contribution >= 0.6 is 0 Å². The molecule has 6 nitrogen and oxygen atoms in total. The molecule has 0 aliphatic carbocycles. The Morgan fingerprint density at radius 1 is 1.08 bits per heavy atom. The van der Waals surface area contributed by atoms with Crippen LogP contribution in [0.15, 0.2) is 54.7 Å². The highest BCUT2D eigenvalue weighted by Gasteiger charge is 2.37. The molecule has 0 saturated heterocycles. The van der Waals surface area contributed by atoms with Gasteiger partial charge in [0.2, 0.25) is 0 Å². The van der Waals surface area contributed by atoms with Crippen LogP contribution in [0.2, 0.25) is 0 Å². The Hall–Kier alpha value is -4.28. The second-order valence-corrected chi connectivity index (χ2v) is 8.38. The van der Waals surface area contributed by atoms with E-state index in [1.165, 1.54) is 42.5 Å². The molecule has 1 atom stereocenters. The van der Waals surface area contributed by atoms with Crippen LogP contribution in [0.4, 0.5) is 22.0 Å². The molecule has 1 unspecified atom stereocenters. The first-order chi connectivity index (χ1) is 17.4. The van der Waals surface area contributed by atoms with E-state index in [-0.39, 0.29) is 27.9 Å². The molecule has 2 aromatic heterocycles. The fourth-order valence-electron chi connectivity index (χ4n) is 4.00. The lowest BCUT2D eigenvalue weighted by Crippen LogP contribution is -2.43. The maximum absolute atomic E-state index is 14.7. The normalized spacial score (nSPS) is 12.5. The van der Waals surface area contributed by atoms with Gasteiger partial charge >= 0.3 is 6.18 Å². The van der Waals surface area contributed by atoms with Crippen LogP contribution < -0.4 is 11.1 Å². The number of alkyl halides is 3. The third kappa shape index (κ3) is 4.89. The van der Waals surface area contributed by atoms with Gasteiger partial charge in [-0.25, -0.2) is 8.78 Å². The Morgan fingerprint density at radius 2 is 1.76 bits per heavy atom. The van der Waals surface area contributed by atoms with E-state index in [0.29, 0.717) is 23.2 Å². The number of hydrogen-bond acceptors (Lipinski definition) is 3. The van der Waals surface area contributed by atoms with Crippen molar-refractivity contribution in [3.05, 3.63) is 83.1 Å². The minimum atomic E-state index is -4.62. The topological polar surface area (TPSA) is 90.0 Å². The average Bonchev–Trinajstić information content (AvgIpc) is 3.17. The molecule has 4 aromatic rings. The largest absolute Gasteiger partial charge is 0.408 e. The number of rotatable bonds is 6. The second-order valence-electron chi connectivity index (χ2n) is 8.38. The molecular weight excluding hydrogens is 495 g/mol. The number of benzene rings is 2. The molecule has 2 heterocycles. The summed E-state index contributed by atoms with van der Waals surface area (Å²) in [7, 11) is 0. The number of nitrogens with two attached hydrogens (primary N) is 1. The quantitative estimate of drug-likeness (QED) is 0.340. The molecule has 0 aliphatic rings. The van der Waals surface area contributed by atoms with Crippen LogP contribution in [0.1, 0.15) is 40.1 Å². The lowest BCUT2D eigenvalue weighted by Gasteiger charge is -2.17. The molecule has 192 valence electrons. The summed E-state index contributed by atoms with van der Waals surface area (Å²) in [5.41, 5.74) is 6.97. The van der Waals surface area contributed by atoms with Gasteiger partial charge in [0, 0.05) is 17.3 Å². The predicted molar refractivity (Wildman–Crippen MR) is 127 cm³/mol. The number of nitrogens with one attached hydrogen (secondary N) is 1. The van der Waals surface area contributed by atoms with Gasteiger partial charge < -0.3 is 15.6 Å². The van der Waals surface area contributed by atoms with E-state index in [0.717, 1.165) is 13.1 Å². The van der Waals surface area contributed by atoms with Crippen LogP contribution in [0.3, 0.4) is 0 Å². The number of fused-ring (bicyclic) bond motifs is 1. The Morgan fingerprint density at radius 3 is 2.30 bits per heavy atom. The number of nitrogens with zero attached hydrogens (tertiary/aromatic N) is 2. The Balaban J connectivity index is 1.92. The number of carbonyl (C=O) groups excluding carboxylic acids is 2. The smallest absolute Gasteiger partial charge is 0.366 e. The molecule has 0 fully saturated rings. The summed E-state index contributed by atoms with van der Waals surface area (Å²) in [6.07, 6.45) is -3.21.